The summed E-state index contributed by atoms with van der Waals surface area (Å²) in [5.74, 6) is -0.910. The van der Waals surface area contributed by atoms with Gasteiger partial charge in [-0.2, -0.15) is 0 Å². The molecular formula is C60H102O6. The molecule has 0 saturated heterocycles. The van der Waals surface area contributed by atoms with E-state index in [0.29, 0.717) is 19.3 Å². The van der Waals surface area contributed by atoms with Crippen LogP contribution in [0.4, 0.5) is 0 Å². The van der Waals surface area contributed by atoms with Crippen LogP contribution in [0.2, 0.25) is 0 Å². The molecule has 0 spiro atoms. The number of carbonyl (C=O) groups excluding carboxylic acids is 3. The predicted molar refractivity (Wildman–Crippen MR) is 284 cm³/mol. The topological polar surface area (TPSA) is 78.9 Å². The van der Waals surface area contributed by atoms with Crippen LogP contribution in [0, 0.1) is 0 Å². The van der Waals surface area contributed by atoms with Crippen molar-refractivity contribution in [3.63, 3.8) is 0 Å². The van der Waals surface area contributed by atoms with Gasteiger partial charge in [-0.1, -0.05) is 228 Å². The fourth-order valence-electron chi connectivity index (χ4n) is 7.50. The Morgan fingerprint density at radius 3 is 0.939 bits per heavy atom. The van der Waals surface area contributed by atoms with E-state index in [1.807, 2.05) is 0 Å². The van der Waals surface area contributed by atoms with Crippen LogP contribution >= 0.6 is 0 Å². The van der Waals surface area contributed by atoms with Gasteiger partial charge in [-0.3, -0.25) is 14.4 Å². The maximum absolute atomic E-state index is 12.8. The summed E-state index contributed by atoms with van der Waals surface area (Å²) in [5.41, 5.74) is 0. The lowest BCUT2D eigenvalue weighted by atomic mass is 10.1. The van der Waals surface area contributed by atoms with Gasteiger partial charge in [-0.05, 0) is 96.3 Å². The maximum atomic E-state index is 12.8. The summed E-state index contributed by atoms with van der Waals surface area (Å²) in [6, 6.07) is 0. The Kier molecular flexibility index (Phi) is 51.4. The Balaban J connectivity index is 4.32. The van der Waals surface area contributed by atoms with Gasteiger partial charge in [0.15, 0.2) is 6.10 Å². The van der Waals surface area contributed by atoms with Crippen LogP contribution in [0.5, 0.6) is 0 Å². The lowest BCUT2D eigenvalue weighted by molar-refractivity contribution is -0.167. The molecule has 6 nitrogen and oxygen atoms in total. The molecule has 0 bridgehead atoms. The first kappa shape index (κ1) is 62.6. The van der Waals surface area contributed by atoms with Crippen molar-refractivity contribution in [1.29, 1.82) is 0 Å². The van der Waals surface area contributed by atoms with Crippen LogP contribution in [-0.4, -0.2) is 37.2 Å². The van der Waals surface area contributed by atoms with Gasteiger partial charge in [0.25, 0.3) is 0 Å². The van der Waals surface area contributed by atoms with Gasteiger partial charge in [-0.15, -0.1) is 0 Å². The molecule has 1 unspecified atom stereocenters. The third-order valence-electron chi connectivity index (χ3n) is 11.6. The smallest absolute Gasteiger partial charge is 0.306 e. The van der Waals surface area contributed by atoms with E-state index in [0.717, 1.165) is 122 Å². The van der Waals surface area contributed by atoms with E-state index in [-0.39, 0.29) is 31.1 Å². The zero-order chi connectivity index (χ0) is 47.9. The van der Waals surface area contributed by atoms with Crippen LogP contribution in [0.3, 0.4) is 0 Å². The molecular weight excluding hydrogens is 817 g/mol. The summed E-state index contributed by atoms with van der Waals surface area (Å²) in [6.07, 6.45) is 70.0. The molecule has 0 aliphatic rings. The molecule has 0 aliphatic carbocycles. The number of ether oxygens (including phenoxy) is 3. The van der Waals surface area contributed by atoms with Crippen molar-refractivity contribution >= 4 is 17.9 Å². The normalized spacial score (nSPS) is 12.7. The van der Waals surface area contributed by atoms with Crippen molar-refractivity contribution in [3.8, 4) is 0 Å². The van der Waals surface area contributed by atoms with Crippen LogP contribution in [0.15, 0.2) is 85.1 Å². The Morgan fingerprint density at radius 2 is 0.591 bits per heavy atom. The monoisotopic (exact) mass is 919 g/mol. The van der Waals surface area contributed by atoms with E-state index in [9.17, 15) is 14.4 Å². The molecule has 0 fully saturated rings. The zero-order valence-corrected chi connectivity index (χ0v) is 43.2. The van der Waals surface area contributed by atoms with Gasteiger partial charge in [0.2, 0.25) is 0 Å². The Hall–Kier alpha value is -3.41. The molecule has 0 aliphatic heterocycles. The van der Waals surface area contributed by atoms with Gasteiger partial charge < -0.3 is 14.2 Å². The maximum Gasteiger partial charge on any atom is 0.306 e. The van der Waals surface area contributed by atoms with Gasteiger partial charge in [0.1, 0.15) is 13.2 Å². The molecule has 0 N–H and O–H groups in total. The molecule has 1 atom stereocenters. The van der Waals surface area contributed by atoms with E-state index in [4.69, 9.17) is 14.2 Å². The highest BCUT2D eigenvalue weighted by Gasteiger charge is 2.19. The number of hydrogen-bond acceptors (Lipinski definition) is 6. The molecule has 0 rings (SSSR count). The standard InChI is InChI=1S/C60H102O6/c1-4-7-10-13-16-19-21-23-25-27-28-29-30-31-32-33-35-36-38-41-44-47-50-53-59(62)65-56-57(55-64-58(61)52-49-46-43-40-18-15-12-9-6-3)66-60(63)54-51-48-45-42-39-37-34-26-24-22-20-17-14-11-8-5-2/h7,10,16,19-20,22-23,25-26,28-29,31-32,34,57H,4-6,8-9,11-15,17-18,21,24,27,30,33,35-56H2,1-3H3/b10-7-,19-16-,22-20-,25-23-,29-28-,32-31-,34-26-. The highest BCUT2D eigenvalue weighted by molar-refractivity contribution is 5.71. The van der Waals surface area contributed by atoms with E-state index >= 15 is 0 Å². The molecule has 0 aromatic heterocycles. The molecule has 0 saturated carbocycles. The van der Waals surface area contributed by atoms with E-state index in [1.54, 1.807) is 0 Å². The number of hydrogen-bond donors (Lipinski definition) is 0. The molecule has 0 amide bonds. The molecule has 0 aromatic rings. The van der Waals surface area contributed by atoms with Gasteiger partial charge in [-0.25, -0.2) is 0 Å². The van der Waals surface area contributed by atoms with Gasteiger partial charge in [0.05, 0.1) is 0 Å². The molecule has 0 aromatic carbocycles. The van der Waals surface area contributed by atoms with Gasteiger partial charge >= 0.3 is 17.9 Å². The summed E-state index contributed by atoms with van der Waals surface area (Å²) >= 11 is 0. The Bertz CT molecular complexity index is 1290. The summed E-state index contributed by atoms with van der Waals surface area (Å²) in [6.45, 7) is 6.47. The fraction of sp³-hybridized carbons (Fsp3) is 0.717. The van der Waals surface area contributed by atoms with Crippen molar-refractivity contribution in [3.05, 3.63) is 85.1 Å². The van der Waals surface area contributed by atoms with Crippen molar-refractivity contribution in [2.45, 2.75) is 264 Å². The first-order chi connectivity index (χ1) is 32.5. The van der Waals surface area contributed by atoms with Crippen LogP contribution in [0.25, 0.3) is 0 Å². The molecule has 0 radical (unpaired) electrons. The largest absolute Gasteiger partial charge is 0.462 e. The lowest BCUT2D eigenvalue weighted by Gasteiger charge is -2.18. The first-order valence-corrected chi connectivity index (χ1v) is 27.6. The van der Waals surface area contributed by atoms with Crippen molar-refractivity contribution < 1.29 is 28.6 Å². The van der Waals surface area contributed by atoms with Crippen LogP contribution in [0.1, 0.15) is 258 Å². The molecule has 66 heavy (non-hydrogen) atoms. The number of allylic oxidation sites excluding steroid dienone is 14. The minimum Gasteiger partial charge on any atom is -0.462 e. The third kappa shape index (κ3) is 51.6. The number of esters is 3. The number of rotatable bonds is 49. The fourth-order valence-corrected chi connectivity index (χ4v) is 7.50. The number of carbonyl (C=O) groups is 3. The van der Waals surface area contributed by atoms with Crippen molar-refractivity contribution in [1.82, 2.24) is 0 Å². The highest BCUT2D eigenvalue weighted by atomic mass is 16.6. The second-order valence-electron chi connectivity index (χ2n) is 18.1. The number of unbranched alkanes of at least 4 members (excludes halogenated alkanes) is 24. The van der Waals surface area contributed by atoms with E-state index in [1.165, 1.54) is 96.3 Å². The second kappa shape index (κ2) is 54.2. The molecule has 6 heteroatoms. The Morgan fingerprint density at radius 1 is 0.318 bits per heavy atom. The summed E-state index contributed by atoms with van der Waals surface area (Å²) < 4.78 is 16.8. The van der Waals surface area contributed by atoms with E-state index in [2.05, 4.69) is 106 Å². The predicted octanol–water partition coefficient (Wildman–Crippen LogP) is 18.4. The average Bonchev–Trinajstić information content (AvgIpc) is 3.31. The van der Waals surface area contributed by atoms with Crippen molar-refractivity contribution in [2.75, 3.05) is 13.2 Å². The first-order valence-electron chi connectivity index (χ1n) is 27.6. The average molecular weight is 919 g/mol. The lowest BCUT2D eigenvalue weighted by Crippen LogP contribution is -2.30. The summed E-state index contributed by atoms with van der Waals surface area (Å²) in [5, 5.41) is 0. The second-order valence-corrected chi connectivity index (χ2v) is 18.1. The minimum absolute atomic E-state index is 0.0847. The third-order valence-corrected chi connectivity index (χ3v) is 11.6. The Labute approximate surface area is 407 Å². The highest BCUT2D eigenvalue weighted by Crippen LogP contribution is 2.14. The summed E-state index contributed by atoms with van der Waals surface area (Å²) in [4.78, 5) is 38.0. The minimum atomic E-state index is -0.786. The van der Waals surface area contributed by atoms with Crippen LogP contribution in [-0.2, 0) is 28.6 Å². The van der Waals surface area contributed by atoms with Gasteiger partial charge in [0, 0.05) is 19.3 Å². The van der Waals surface area contributed by atoms with Crippen LogP contribution < -0.4 is 0 Å². The van der Waals surface area contributed by atoms with Crippen molar-refractivity contribution in [2.24, 2.45) is 0 Å². The molecule has 0 heterocycles. The molecule has 378 valence electrons. The zero-order valence-electron chi connectivity index (χ0n) is 43.2. The van der Waals surface area contributed by atoms with E-state index < -0.39 is 6.10 Å². The SMILES string of the molecule is CC/C=C\C/C=C\C/C=C\C/C=C\C/C=C\CCCCCCCCCC(=O)OCC(COC(=O)CCCCCCCCCCC)OC(=O)CCCCCCC/C=C\C/C=C\CCCCCC. The quantitative estimate of drug-likeness (QED) is 0.0262. The summed E-state index contributed by atoms with van der Waals surface area (Å²) in [7, 11) is 0.